The summed E-state index contributed by atoms with van der Waals surface area (Å²) in [7, 11) is 0. The molecular formula is C9H13NO. The standard InChI is InChI=1S/C9H13NO/c1-7-2-3-8-4-5-10-6-9(8)11-7/h6-7H,2-5H2,1H3. The van der Waals surface area contributed by atoms with E-state index < -0.39 is 0 Å². The lowest BCUT2D eigenvalue weighted by molar-refractivity contribution is 0.120. The number of dihydropyridines is 1. The third-order valence-corrected chi connectivity index (χ3v) is 2.28. The van der Waals surface area contributed by atoms with Gasteiger partial charge in [0.15, 0.2) is 0 Å². The van der Waals surface area contributed by atoms with Crippen LogP contribution in [0.1, 0.15) is 26.2 Å². The van der Waals surface area contributed by atoms with E-state index >= 15 is 0 Å². The summed E-state index contributed by atoms with van der Waals surface area (Å²) in [5.41, 5.74) is 1.47. The van der Waals surface area contributed by atoms with Crippen LogP contribution in [0.3, 0.4) is 0 Å². The van der Waals surface area contributed by atoms with Gasteiger partial charge in [-0.15, -0.1) is 0 Å². The van der Waals surface area contributed by atoms with Gasteiger partial charge in [-0.1, -0.05) is 0 Å². The summed E-state index contributed by atoms with van der Waals surface area (Å²) in [6, 6.07) is 0. The zero-order valence-electron chi connectivity index (χ0n) is 6.84. The molecule has 11 heavy (non-hydrogen) atoms. The van der Waals surface area contributed by atoms with Crippen molar-refractivity contribution in [3.63, 3.8) is 0 Å². The van der Waals surface area contributed by atoms with E-state index in [0.29, 0.717) is 6.10 Å². The Balaban J connectivity index is 2.19. The number of hydrogen-bond donors (Lipinski definition) is 0. The van der Waals surface area contributed by atoms with Crippen LogP contribution in [0.5, 0.6) is 0 Å². The van der Waals surface area contributed by atoms with Gasteiger partial charge in [0.05, 0.1) is 12.3 Å². The number of allylic oxidation sites excluding steroid dienone is 1. The summed E-state index contributed by atoms with van der Waals surface area (Å²) in [5, 5.41) is 0. The van der Waals surface area contributed by atoms with Crippen LogP contribution in [0.2, 0.25) is 0 Å². The lowest BCUT2D eigenvalue weighted by Gasteiger charge is -2.25. The van der Waals surface area contributed by atoms with Crippen LogP contribution in [0.25, 0.3) is 0 Å². The molecule has 0 spiro atoms. The summed E-state index contributed by atoms with van der Waals surface area (Å²) in [4.78, 5) is 4.19. The molecule has 1 atom stereocenters. The molecule has 0 saturated carbocycles. The predicted octanol–water partition coefficient (Wildman–Crippen LogP) is 1.91. The normalized spacial score (nSPS) is 29.7. The number of nitrogens with zero attached hydrogens (tertiary/aromatic N) is 1. The molecule has 60 valence electrons. The summed E-state index contributed by atoms with van der Waals surface area (Å²) in [6.07, 6.45) is 5.76. The second-order valence-corrected chi connectivity index (χ2v) is 3.22. The first-order valence-corrected chi connectivity index (χ1v) is 4.25. The lowest BCUT2D eigenvalue weighted by Crippen LogP contribution is -2.18. The molecule has 0 aromatic heterocycles. The van der Waals surface area contributed by atoms with Gasteiger partial charge in [0.1, 0.15) is 5.76 Å². The largest absolute Gasteiger partial charge is 0.489 e. The van der Waals surface area contributed by atoms with Crippen molar-refractivity contribution in [2.75, 3.05) is 6.54 Å². The van der Waals surface area contributed by atoms with Crippen molar-refractivity contribution in [2.24, 2.45) is 4.99 Å². The van der Waals surface area contributed by atoms with E-state index in [0.717, 1.165) is 18.7 Å². The van der Waals surface area contributed by atoms with Crippen molar-refractivity contribution in [3.05, 3.63) is 11.3 Å². The van der Waals surface area contributed by atoms with Crippen molar-refractivity contribution < 1.29 is 4.74 Å². The summed E-state index contributed by atoms with van der Waals surface area (Å²) >= 11 is 0. The molecule has 2 nitrogen and oxygen atoms in total. The zero-order chi connectivity index (χ0) is 7.68. The van der Waals surface area contributed by atoms with Gasteiger partial charge >= 0.3 is 0 Å². The maximum atomic E-state index is 5.62. The molecule has 2 aliphatic heterocycles. The van der Waals surface area contributed by atoms with E-state index in [1.807, 2.05) is 6.21 Å². The Bertz CT molecular complexity index is 218. The van der Waals surface area contributed by atoms with Crippen LogP contribution in [0, 0.1) is 0 Å². The third-order valence-electron chi connectivity index (χ3n) is 2.28. The monoisotopic (exact) mass is 151 g/mol. The molecule has 0 bridgehead atoms. The SMILES string of the molecule is CC1CCC2=C(C=NCC2)O1. The van der Waals surface area contributed by atoms with E-state index in [1.165, 1.54) is 18.4 Å². The van der Waals surface area contributed by atoms with Crippen LogP contribution in [-0.2, 0) is 4.74 Å². The number of rotatable bonds is 0. The van der Waals surface area contributed by atoms with Gasteiger partial charge in [-0.05, 0) is 31.8 Å². The zero-order valence-corrected chi connectivity index (χ0v) is 6.84. The molecule has 1 unspecified atom stereocenters. The van der Waals surface area contributed by atoms with Gasteiger partial charge in [0.25, 0.3) is 0 Å². The van der Waals surface area contributed by atoms with Gasteiger partial charge in [-0.25, -0.2) is 0 Å². The molecule has 0 aliphatic carbocycles. The minimum Gasteiger partial charge on any atom is -0.489 e. The molecule has 2 heteroatoms. The second-order valence-electron chi connectivity index (χ2n) is 3.22. The molecule has 0 saturated heterocycles. The Morgan fingerprint density at radius 1 is 1.55 bits per heavy atom. The maximum absolute atomic E-state index is 5.62. The first-order valence-electron chi connectivity index (χ1n) is 4.25. The summed E-state index contributed by atoms with van der Waals surface area (Å²) in [5.74, 6) is 1.05. The summed E-state index contributed by atoms with van der Waals surface area (Å²) in [6.45, 7) is 3.07. The molecular weight excluding hydrogens is 138 g/mol. The van der Waals surface area contributed by atoms with Gasteiger partial charge in [0.2, 0.25) is 0 Å². The van der Waals surface area contributed by atoms with Gasteiger partial charge in [-0.3, -0.25) is 4.99 Å². The fourth-order valence-electron chi connectivity index (χ4n) is 1.58. The van der Waals surface area contributed by atoms with Crippen molar-refractivity contribution in [1.29, 1.82) is 0 Å². The highest BCUT2D eigenvalue weighted by atomic mass is 16.5. The van der Waals surface area contributed by atoms with E-state index in [-0.39, 0.29) is 0 Å². The smallest absolute Gasteiger partial charge is 0.136 e. The van der Waals surface area contributed by atoms with E-state index in [4.69, 9.17) is 4.74 Å². The fourth-order valence-corrected chi connectivity index (χ4v) is 1.58. The highest BCUT2D eigenvalue weighted by molar-refractivity contribution is 5.78. The number of hydrogen-bond acceptors (Lipinski definition) is 2. The maximum Gasteiger partial charge on any atom is 0.136 e. The minimum absolute atomic E-state index is 0.387. The highest BCUT2D eigenvalue weighted by Gasteiger charge is 2.18. The Morgan fingerprint density at radius 2 is 2.45 bits per heavy atom. The topological polar surface area (TPSA) is 21.6 Å². The van der Waals surface area contributed by atoms with Crippen molar-refractivity contribution in [1.82, 2.24) is 0 Å². The van der Waals surface area contributed by atoms with Gasteiger partial charge in [-0.2, -0.15) is 0 Å². The van der Waals surface area contributed by atoms with Crippen molar-refractivity contribution in [3.8, 4) is 0 Å². The average Bonchev–Trinajstić information content (AvgIpc) is 2.04. The first kappa shape index (κ1) is 6.89. The molecule has 0 aromatic rings. The Kier molecular flexibility index (Phi) is 1.68. The molecule has 0 radical (unpaired) electrons. The van der Waals surface area contributed by atoms with Crippen molar-refractivity contribution >= 4 is 6.21 Å². The predicted molar refractivity (Wildman–Crippen MR) is 44.8 cm³/mol. The number of aliphatic imine (C=N–C) groups is 1. The van der Waals surface area contributed by atoms with Crippen LogP contribution >= 0.6 is 0 Å². The third kappa shape index (κ3) is 1.30. The molecule has 0 aromatic carbocycles. The van der Waals surface area contributed by atoms with Crippen LogP contribution < -0.4 is 0 Å². The van der Waals surface area contributed by atoms with Crippen LogP contribution in [0.15, 0.2) is 16.3 Å². The molecule has 0 fully saturated rings. The molecule has 0 N–H and O–H groups in total. The quantitative estimate of drug-likeness (QED) is 0.518. The first-order chi connectivity index (χ1) is 5.36. The Labute approximate surface area is 67.0 Å². The van der Waals surface area contributed by atoms with Gasteiger partial charge < -0.3 is 4.74 Å². The molecule has 2 rings (SSSR count). The number of ether oxygens (including phenoxy) is 1. The average molecular weight is 151 g/mol. The highest BCUT2D eigenvalue weighted by Crippen LogP contribution is 2.26. The van der Waals surface area contributed by atoms with Crippen LogP contribution in [0.4, 0.5) is 0 Å². The van der Waals surface area contributed by atoms with E-state index in [1.54, 1.807) is 0 Å². The Morgan fingerprint density at radius 3 is 3.36 bits per heavy atom. The minimum atomic E-state index is 0.387. The fraction of sp³-hybridized carbons (Fsp3) is 0.667. The lowest BCUT2D eigenvalue weighted by atomic mass is 9.99. The van der Waals surface area contributed by atoms with Gasteiger partial charge in [0, 0.05) is 6.54 Å². The molecule has 2 aliphatic rings. The second kappa shape index (κ2) is 2.68. The molecule has 0 amide bonds. The van der Waals surface area contributed by atoms with E-state index in [9.17, 15) is 0 Å². The van der Waals surface area contributed by atoms with Crippen molar-refractivity contribution in [2.45, 2.75) is 32.3 Å². The van der Waals surface area contributed by atoms with E-state index in [2.05, 4.69) is 11.9 Å². The Hall–Kier alpha value is -0.790. The van der Waals surface area contributed by atoms with Crippen LogP contribution in [-0.4, -0.2) is 18.9 Å². The summed E-state index contributed by atoms with van der Waals surface area (Å²) < 4.78 is 5.62. The molecule has 2 heterocycles.